The first kappa shape index (κ1) is 22.8. The van der Waals surface area contributed by atoms with E-state index < -0.39 is 29.7 Å². The Bertz CT molecular complexity index is 524. The summed E-state index contributed by atoms with van der Waals surface area (Å²) < 4.78 is 0. The molecule has 0 heterocycles. The Balaban J connectivity index is 5.17. The number of nitrogens with two attached hydrogens (primary N) is 1. The van der Waals surface area contributed by atoms with E-state index in [0.29, 0.717) is 24.5 Å². The van der Waals surface area contributed by atoms with Gasteiger partial charge in [0.15, 0.2) is 0 Å². The fourth-order valence-electron chi connectivity index (χ4n) is 2.14. The standard InChI is InChI=1S/C19H31N3O3/c1-6-9-14(7-2)12-16(17(23)19(25)21-8-3)22-18(24)15(20)11-10-13(4)5/h6-7,9,13,15-16H,1-2,8,10-12,20H2,3-5H3,(H,21,25)(H,22,24)/b14-9+/t15-,16?/m0/s1. The second-order valence-corrected chi connectivity index (χ2v) is 6.25. The topological polar surface area (TPSA) is 101 Å². The molecule has 0 aromatic carbocycles. The Kier molecular flexibility index (Phi) is 11.1. The quantitative estimate of drug-likeness (QED) is 0.368. The van der Waals surface area contributed by atoms with Crippen molar-refractivity contribution in [3.05, 3.63) is 37.0 Å². The highest BCUT2D eigenvalue weighted by Gasteiger charge is 2.28. The minimum absolute atomic E-state index is 0.147. The SMILES string of the molecule is C=C/C=C(\C=C)CC(NC(=O)[C@@H](N)CCC(C)C)C(=O)C(=O)NCC. The summed E-state index contributed by atoms with van der Waals surface area (Å²) in [6, 6.07) is -1.71. The van der Waals surface area contributed by atoms with E-state index in [4.69, 9.17) is 5.73 Å². The number of nitrogens with one attached hydrogen (secondary N) is 2. The summed E-state index contributed by atoms with van der Waals surface area (Å²) in [7, 11) is 0. The summed E-state index contributed by atoms with van der Waals surface area (Å²) in [5.74, 6) is -1.45. The molecule has 25 heavy (non-hydrogen) atoms. The van der Waals surface area contributed by atoms with Crippen LogP contribution in [-0.4, -0.2) is 36.2 Å². The number of likely N-dealkylation sites (N-methyl/N-ethyl adjacent to an activating group) is 1. The van der Waals surface area contributed by atoms with Gasteiger partial charge in [-0.3, -0.25) is 14.4 Å². The summed E-state index contributed by atoms with van der Waals surface area (Å²) in [4.78, 5) is 36.5. The number of carbonyl (C=O) groups excluding carboxylic acids is 3. The van der Waals surface area contributed by atoms with E-state index in [1.54, 1.807) is 25.2 Å². The average Bonchev–Trinajstić information content (AvgIpc) is 2.57. The molecule has 0 aliphatic rings. The molecule has 2 amide bonds. The molecule has 0 aromatic heterocycles. The van der Waals surface area contributed by atoms with Gasteiger partial charge in [-0.15, -0.1) is 0 Å². The van der Waals surface area contributed by atoms with Gasteiger partial charge in [0.2, 0.25) is 11.7 Å². The van der Waals surface area contributed by atoms with Gasteiger partial charge in [0.05, 0.1) is 6.04 Å². The zero-order valence-electron chi connectivity index (χ0n) is 15.5. The fraction of sp³-hybridized carbons (Fsp3) is 0.526. The fourth-order valence-corrected chi connectivity index (χ4v) is 2.14. The molecule has 0 rings (SSSR count). The van der Waals surface area contributed by atoms with E-state index >= 15 is 0 Å². The monoisotopic (exact) mass is 349 g/mol. The molecule has 0 bridgehead atoms. The number of amides is 2. The van der Waals surface area contributed by atoms with Crippen LogP contribution in [0.15, 0.2) is 37.0 Å². The molecule has 2 atom stereocenters. The molecule has 0 saturated heterocycles. The summed E-state index contributed by atoms with van der Waals surface area (Å²) in [5, 5.41) is 5.06. The van der Waals surface area contributed by atoms with Gasteiger partial charge in [-0.25, -0.2) is 0 Å². The van der Waals surface area contributed by atoms with Crippen molar-refractivity contribution in [2.45, 2.75) is 52.1 Å². The lowest BCUT2D eigenvalue weighted by Crippen LogP contribution is -2.52. The lowest BCUT2D eigenvalue weighted by Gasteiger charge is -2.20. The van der Waals surface area contributed by atoms with Crippen LogP contribution in [0.25, 0.3) is 0 Å². The van der Waals surface area contributed by atoms with Crippen LogP contribution in [-0.2, 0) is 14.4 Å². The first-order chi connectivity index (χ1) is 11.8. The molecule has 0 saturated carbocycles. The van der Waals surface area contributed by atoms with E-state index in [1.165, 1.54) is 0 Å². The summed E-state index contributed by atoms with van der Waals surface area (Å²) >= 11 is 0. The smallest absolute Gasteiger partial charge is 0.289 e. The third kappa shape index (κ3) is 9.00. The molecule has 0 fully saturated rings. The highest BCUT2D eigenvalue weighted by molar-refractivity contribution is 6.38. The van der Waals surface area contributed by atoms with Crippen molar-refractivity contribution >= 4 is 17.6 Å². The van der Waals surface area contributed by atoms with Crippen LogP contribution in [0.1, 0.15) is 40.0 Å². The molecule has 140 valence electrons. The van der Waals surface area contributed by atoms with E-state index in [2.05, 4.69) is 23.8 Å². The summed E-state index contributed by atoms with van der Waals surface area (Å²) in [6.07, 6.45) is 6.26. The lowest BCUT2D eigenvalue weighted by atomic mass is 9.99. The molecule has 6 nitrogen and oxygen atoms in total. The summed E-state index contributed by atoms with van der Waals surface area (Å²) in [6.45, 7) is 13.4. The number of hydrogen-bond donors (Lipinski definition) is 3. The normalized spacial score (nSPS) is 13.7. The minimum atomic E-state index is -0.992. The van der Waals surface area contributed by atoms with Gasteiger partial charge < -0.3 is 16.4 Å². The molecule has 1 unspecified atom stereocenters. The number of allylic oxidation sites excluding steroid dienone is 3. The van der Waals surface area contributed by atoms with Crippen LogP contribution in [0.3, 0.4) is 0 Å². The van der Waals surface area contributed by atoms with Crippen LogP contribution in [0.5, 0.6) is 0 Å². The molecule has 0 aliphatic carbocycles. The number of rotatable bonds is 12. The van der Waals surface area contributed by atoms with Crippen LogP contribution in [0.2, 0.25) is 0 Å². The van der Waals surface area contributed by atoms with Crippen LogP contribution >= 0.6 is 0 Å². The zero-order valence-corrected chi connectivity index (χ0v) is 15.5. The molecular formula is C19H31N3O3. The maximum Gasteiger partial charge on any atom is 0.289 e. The van der Waals surface area contributed by atoms with E-state index in [1.807, 2.05) is 13.8 Å². The van der Waals surface area contributed by atoms with Crippen LogP contribution < -0.4 is 16.4 Å². The molecule has 0 radical (unpaired) electrons. The van der Waals surface area contributed by atoms with Gasteiger partial charge in [0.25, 0.3) is 5.91 Å². The van der Waals surface area contributed by atoms with Crippen molar-refractivity contribution in [2.24, 2.45) is 11.7 Å². The Hall–Kier alpha value is -2.21. The Morgan fingerprint density at radius 2 is 1.80 bits per heavy atom. The predicted molar refractivity (Wildman–Crippen MR) is 101 cm³/mol. The Morgan fingerprint density at radius 3 is 2.28 bits per heavy atom. The number of Topliss-reactive ketones (excluding diaryl/α,β-unsaturated/α-hetero) is 1. The molecule has 6 heteroatoms. The van der Waals surface area contributed by atoms with Crippen molar-refractivity contribution in [3.8, 4) is 0 Å². The first-order valence-electron chi connectivity index (χ1n) is 8.58. The van der Waals surface area contributed by atoms with E-state index in [-0.39, 0.29) is 6.42 Å². The van der Waals surface area contributed by atoms with Gasteiger partial charge in [0, 0.05) is 13.0 Å². The third-order valence-electron chi connectivity index (χ3n) is 3.62. The molecular weight excluding hydrogens is 318 g/mol. The maximum atomic E-state index is 12.4. The largest absolute Gasteiger partial charge is 0.350 e. The van der Waals surface area contributed by atoms with Crippen molar-refractivity contribution < 1.29 is 14.4 Å². The highest BCUT2D eigenvalue weighted by atomic mass is 16.2. The molecule has 4 N–H and O–H groups in total. The van der Waals surface area contributed by atoms with Crippen LogP contribution in [0.4, 0.5) is 0 Å². The average molecular weight is 349 g/mol. The predicted octanol–water partition coefficient (Wildman–Crippen LogP) is 1.63. The number of hydrogen-bond acceptors (Lipinski definition) is 4. The Labute approximate surface area is 150 Å². The highest BCUT2D eigenvalue weighted by Crippen LogP contribution is 2.10. The van der Waals surface area contributed by atoms with E-state index in [0.717, 1.165) is 6.42 Å². The maximum absolute atomic E-state index is 12.4. The van der Waals surface area contributed by atoms with Crippen molar-refractivity contribution in [1.82, 2.24) is 10.6 Å². The number of carbonyl (C=O) groups is 3. The second-order valence-electron chi connectivity index (χ2n) is 6.25. The van der Waals surface area contributed by atoms with Gasteiger partial charge in [-0.2, -0.15) is 0 Å². The third-order valence-corrected chi connectivity index (χ3v) is 3.62. The zero-order chi connectivity index (χ0) is 19.4. The van der Waals surface area contributed by atoms with Crippen molar-refractivity contribution in [3.63, 3.8) is 0 Å². The molecule has 0 aromatic rings. The van der Waals surface area contributed by atoms with E-state index in [9.17, 15) is 14.4 Å². The molecule has 0 spiro atoms. The van der Waals surface area contributed by atoms with Gasteiger partial charge in [0.1, 0.15) is 6.04 Å². The Morgan fingerprint density at radius 1 is 1.16 bits per heavy atom. The minimum Gasteiger partial charge on any atom is -0.350 e. The van der Waals surface area contributed by atoms with Crippen LogP contribution in [0, 0.1) is 5.92 Å². The second kappa shape index (κ2) is 12.2. The van der Waals surface area contributed by atoms with Crippen molar-refractivity contribution in [2.75, 3.05) is 6.54 Å². The van der Waals surface area contributed by atoms with Gasteiger partial charge >= 0.3 is 0 Å². The first-order valence-corrected chi connectivity index (χ1v) is 8.58. The number of ketones is 1. The van der Waals surface area contributed by atoms with Gasteiger partial charge in [-0.05, 0) is 31.3 Å². The van der Waals surface area contributed by atoms with Gasteiger partial charge in [-0.1, -0.05) is 45.2 Å². The summed E-state index contributed by atoms with van der Waals surface area (Å²) in [5.41, 5.74) is 6.58. The van der Waals surface area contributed by atoms with Crippen molar-refractivity contribution in [1.29, 1.82) is 0 Å². The molecule has 0 aliphatic heterocycles. The lowest BCUT2D eigenvalue weighted by molar-refractivity contribution is -0.140.